The fourth-order valence-corrected chi connectivity index (χ4v) is 2.91. The maximum absolute atomic E-state index is 11.8. The molecule has 1 aromatic carbocycles. The summed E-state index contributed by atoms with van der Waals surface area (Å²) in [6, 6.07) is 2.36. The van der Waals surface area contributed by atoms with Crippen molar-refractivity contribution in [3.63, 3.8) is 0 Å². The Morgan fingerprint density at radius 1 is 1.29 bits per heavy atom. The highest BCUT2D eigenvalue weighted by Gasteiger charge is 2.26. The minimum absolute atomic E-state index is 0.111. The normalized spacial score (nSPS) is 11.8. The van der Waals surface area contributed by atoms with Crippen molar-refractivity contribution in [2.45, 2.75) is 4.90 Å². The molecule has 0 amide bonds. The average molecular weight is 298 g/mol. The van der Waals surface area contributed by atoms with Gasteiger partial charge < -0.3 is 5.11 Å². The summed E-state index contributed by atoms with van der Waals surface area (Å²) in [6.45, 7) is 0. The van der Waals surface area contributed by atoms with E-state index >= 15 is 0 Å². The number of sulfonamides is 1. The summed E-state index contributed by atoms with van der Waals surface area (Å²) in [5.74, 6) is -1.38. The van der Waals surface area contributed by atoms with E-state index in [1.54, 1.807) is 0 Å². The number of carbonyl (C=O) groups is 1. The molecule has 1 N–H and O–H groups in total. The molecule has 0 fully saturated rings. The van der Waals surface area contributed by atoms with Crippen molar-refractivity contribution in [3.8, 4) is 0 Å². The standard InChI is InChI=1S/C9H9Cl2NO4S/c1-12(2)17(15,16)6-4-3-5(10)7(8(6)11)9(13)14/h3-4H,1-2H3,(H,13,14). The fraction of sp³-hybridized carbons (Fsp3) is 0.222. The molecule has 1 aromatic rings. The van der Waals surface area contributed by atoms with Gasteiger partial charge in [-0.15, -0.1) is 0 Å². The Morgan fingerprint density at radius 3 is 2.24 bits per heavy atom. The van der Waals surface area contributed by atoms with Crippen LogP contribution < -0.4 is 0 Å². The number of carboxylic acid groups (broad SMARTS) is 1. The van der Waals surface area contributed by atoms with Crippen LogP contribution in [-0.2, 0) is 10.0 Å². The zero-order chi connectivity index (χ0) is 13.4. The Labute approximate surface area is 109 Å². The number of hydrogen-bond donors (Lipinski definition) is 1. The lowest BCUT2D eigenvalue weighted by molar-refractivity contribution is 0.0697. The number of nitrogens with zero attached hydrogens (tertiary/aromatic N) is 1. The molecule has 0 aliphatic rings. The second kappa shape index (κ2) is 4.81. The van der Waals surface area contributed by atoms with Crippen LogP contribution in [0.3, 0.4) is 0 Å². The van der Waals surface area contributed by atoms with E-state index in [2.05, 4.69) is 0 Å². The molecule has 0 unspecified atom stereocenters. The third-order valence-corrected chi connectivity index (χ3v) is 4.71. The van der Waals surface area contributed by atoms with E-state index in [0.717, 1.165) is 4.31 Å². The van der Waals surface area contributed by atoms with Crippen LogP contribution in [0.5, 0.6) is 0 Å². The SMILES string of the molecule is CN(C)S(=O)(=O)c1ccc(Cl)c(C(=O)O)c1Cl. The molecule has 1 rings (SSSR count). The molecule has 0 aliphatic heterocycles. The van der Waals surface area contributed by atoms with E-state index in [1.807, 2.05) is 0 Å². The number of carboxylic acids is 1. The van der Waals surface area contributed by atoms with Crippen LogP contribution in [0.25, 0.3) is 0 Å². The zero-order valence-corrected chi connectivity index (χ0v) is 11.3. The zero-order valence-electron chi connectivity index (χ0n) is 8.94. The lowest BCUT2D eigenvalue weighted by Gasteiger charge is -2.14. The van der Waals surface area contributed by atoms with Crippen molar-refractivity contribution in [2.24, 2.45) is 0 Å². The summed E-state index contributed by atoms with van der Waals surface area (Å²) in [4.78, 5) is 10.6. The van der Waals surface area contributed by atoms with Crippen LogP contribution in [0, 0.1) is 0 Å². The fourth-order valence-electron chi connectivity index (χ4n) is 1.13. The molecule has 8 heteroatoms. The van der Waals surface area contributed by atoms with Crippen LogP contribution in [0.2, 0.25) is 10.0 Å². The van der Waals surface area contributed by atoms with Gasteiger partial charge in [0.1, 0.15) is 4.90 Å². The number of benzene rings is 1. The van der Waals surface area contributed by atoms with Gasteiger partial charge >= 0.3 is 5.97 Å². The Hall–Kier alpha value is -0.820. The first-order valence-electron chi connectivity index (χ1n) is 4.33. The molecule has 0 heterocycles. The topological polar surface area (TPSA) is 74.7 Å². The van der Waals surface area contributed by atoms with Gasteiger partial charge in [0.2, 0.25) is 10.0 Å². The molecule has 94 valence electrons. The third-order valence-electron chi connectivity index (χ3n) is 2.03. The second-order valence-electron chi connectivity index (χ2n) is 3.33. The van der Waals surface area contributed by atoms with E-state index in [-0.39, 0.29) is 9.92 Å². The van der Waals surface area contributed by atoms with E-state index in [4.69, 9.17) is 28.3 Å². The van der Waals surface area contributed by atoms with Crippen LogP contribution in [-0.4, -0.2) is 37.9 Å². The predicted octanol–water partition coefficient (Wildman–Crippen LogP) is 1.94. The van der Waals surface area contributed by atoms with Crippen LogP contribution >= 0.6 is 23.2 Å². The van der Waals surface area contributed by atoms with Crippen LogP contribution in [0.1, 0.15) is 10.4 Å². The lowest BCUT2D eigenvalue weighted by Crippen LogP contribution is -2.23. The van der Waals surface area contributed by atoms with Gasteiger partial charge in [0.05, 0.1) is 15.6 Å². The van der Waals surface area contributed by atoms with E-state index in [9.17, 15) is 13.2 Å². The Kier molecular flexibility index (Phi) is 4.03. The van der Waals surface area contributed by atoms with E-state index < -0.39 is 26.6 Å². The first-order valence-corrected chi connectivity index (χ1v) is 6.53. The first-order chi connectivity index (χ1) is 7.69. The summed E-state index contributed by atoms with van der Waals surface area (Å²) < 4.78 is 24.6. The summed E-state index contributed by atoms with van der Waals surface area (Å²) in [6.07, 6.45) is 0. The molecule has 0 atom stereocenters. The Morgan fingerprint density at radius 2 is 1.82 bits per heavy atom. The minimum atomic E-state index is -3.80. The average Bonchev–Trinajstić information content (AvgIpc) is 2.16. The van der Waals surface area contributed by atoms with Crippen molar-refractivity contribution in [1.29, 1.82) is 0 Å². The Bertz CT molecular complexity index is 569. The van der Waals surface area contributed by atoms with Gasteiger partial charge in [-0.3, -0.25) is 0 Å². The molecule has 5 nitrogen and oxygen atoms in total. The minimum Gasteiger partial charge on any atom is -0.478 e. The Balaban J connectivity index is 3.61. The smallest absolute Gasteiger partial charge is 0.338 e. The molecule has 0 saturated carbocycles. The monoisotopic (exact) mass is 297 g/mol. The van der Waals surface area contributed by atoms with Crippen molar-refractivity contribution < 1.29 is 18.3 Å². The van der Waals surface area contributed by atoms with Crippen LogP contribution in [0.15, 0.2) is 17.0 Å². The van der Waals surface area contributed by atoms with Gasteiger partial charge in [-0.2, -0.15) is 0 Å². The van der Waals surface area contributed by atoms with Crippen molar-refractivity contribution in [1.82, 2.24) is 4.31 Å². The maximum atomic E-state index is 11.8. The molecule has 0 aromatic heterocycles. The largest absolute Gasteiger partial charge is 0.478 e. The summed E-state index contributed by atoms with van der Waals surface area (Å²) in [5, 5.41) is 8.40. The van der Waals surface area contributed by atoms with Gasteiger partial charge in [-0.25, -0.2) is 17.5 Å². The number of aromatic carboxylic acids is 1. The molecular formula is C9H9Cl2NO4S. The van der Waals surface area contributed by atoms with Crippen molar-refractivity contribution in [2.75, 3.05) is 14.1 Å². The molecular weight excluding hydrogens is 289 g/mol. The molecule has 17 heavy (non-hydrogen) atoms. The summed E-state index contributed by atoms with van der Waals surface area (Å²) in [7, 11) is -1.16. The summed E-state index contributed by atoms with van der Waals surface area (Å²) in [5.41, 5.74) is -0.420. The van der Waals surface area contributed by atoms with Gasteiger partial charge in [0, 0.05) is 14.1 Å². The van der Waals surface area contributed by atoms with Gasteiger partial charge in [0.15, 0.2) is 0 Å². The maximum Gasteiger partial charge on any atom is 0.338 e. The lowest BCUT2D eigenvalue weighted by atomic mass is 10.2. The second-order valence-corrected chi connectivity index (χ2v) is 6.23. The van der Waals surface area contributed by atoms with Crippen molar-refractivity contribution in [3.05, 3.63) is 27.7 Å². The predicted molar refractivity (Wildman–Crippen MR) is 64.3 cm³/mol. The van der Waals surface area contributed by atoms with Gasteiger partial charge in [0.25, 0.3) is 0 Å². The van der Waals surface area contributed by atoms with E-state index in [0.29, 0.717) is 0 Å². The third kappa shape index (κ3) is 2.55. The van der Waals surface area contributed by atoms with Gasteiger partial charge in [-0.1, -0.05) is 23.2 Å². The molecule has 0 bridgehead atoms. The van der Waals surface area contributed by atoms with E-state index in [1.165, 1.54) is 26.2 Å². The molecule has 0 spiro atoms. The van der Waals surface area contributed by atoms with Crippen molar-refractivity contribution >= 4 is 39.2 Å². The molecule has 0 aliphatic carbocycles. The highest BCUT2D eigenvalue weighted by molar-refractivity contribution is 7.89. The summed E-state index contributed by atoms with van der Waals surface area (Å²) >= 11 is 11.4. The van der Waals surface area contributed by atoms with Gasteiger partial charge in [-0.05, 0) is 12.1 Å². The first kappa shape index (κ1) is 14.2. The number of halogens is 2. The molecule has 0 saturated heterocycles. The quantitative estimate of drug-likeness (QED) is 0.925. The number of hydrogen-bond acceptors (Lipinski definition) is 3. The molecule has 0 radical (unpaired) electrons. The number of rotatable bonds is 3. The highest BCUT2D eigenvalue weighted by Crippen LogP contribution is 2.32. The highest BCUT2D eigenvalue weighted by atomic mass is 35.5. The van der Waals surface area contributed by atoms with Crippen LogP contribution in [0.4, 0.5) is 0 Å².